The van der Waals surface area contributed by atoms with Crippen LogP contribution < -0.4 is 10.2 Å². The summed E-state index contributed by atoms with van der Waals surface area (Å²) in [5.74, 6) is -0.855. The first-order valence-electron chi connectivity index (χ1n) is 8.87. The van der Waals surface area contributed by atoms with Gasteiger partial charge in [-0.05, 0) is 79.3 Å². The van der Waals surface area contributed by atoms with E-state index in [1.807, 2.05) is 13.0 Å². The van der Waals surface area contributed by atoms with E-state index in [0.717, 1.165) is 16.0 Å². The molecule has 0 bridgehead atoms. The molecular weight excluding hydrogens is 427 g/mol. The highest BCUT2D eigenvalue weighted by molar-refractivity contribution is 7.80. The lowest BCUT2D eigenvalue weighted by Crippen LogP contribution is -2.54. The molecule has 1 aliphatic heterocycles. The SMILES string of the molecule is Cc1ccc(Cl)cc1-c1ccc(/C=C2/C(=O)NC(=S)N(c3ccc(F)cc3)C2=O)o1. The predicted molar refractivity (Wildman–Crippen MR) is 116 cm³/mol. The molecular formula is C22H14ClFN2O3S. The second kappa shape index (κ2) is 7.85. The zero-order valence-electron chi connectivity index (χ0n) is 15.6. The van der Waals surface area contributed by atoms with E-state index in [4.69, 9.17) is 28.2 Å². The number of thiocarbonyl (C=S) groups is 1. The Bertz CT molecular complexity index is 1220. The molecule has 2 aromatic carbocycles. The maximum atomic E-state index is 13.2. The molecule has 4 rings (SSSR count). The third-order valence-corrected chi connectivity index (χ3v) is 5.08. The summed E-state index contributed by atoms with van der Waals surface area (Å²) >= 11 is 11.2. The van der Waals surface area contributed by atoms with Gasteiger partial charge >= 0.3 is 0 Å². The Kier molecular flexibility index (Phi) is 5.24. The van der Waals surface area contributed by atoms with Crippen LogP contribution in [0.5, 0.6) is 0 Å². The van der Waals surface area contributed by atoms with Crippen molar-refractivity contribution in [3.05, 3.63) is 82.3 Å². The van der Waals surface area contributed by atoms with Crippen LogP contribution in [-0.2, 0) is 9.59 Å². The molecule has 8 heteroatoms. The molecule has 0 radical (unpaired) electrons. The van der Waals surface area contributed by atoms with Gasteiger partial charge in [0.05, 0.1) is 5.69 Å². The molecule has 1 aliphatic rings. The molecule has 1 aromatic heterocycles. The number of furan rings is 1. The molecule has 0 unspecified atom stereocenters. The molecule has 1 saturated heterocycles. The van der Waals surface area contributed by atoms with Gasteiger partial charge in [-0.25, -0.2) is 4.39 Å². The minimum atomic E-state index is -0.639. The number of nitrogens with zero attached hydrogens (tertiary/aromatic N) is 1. The van der Waals surface area contributed by atoms with Crippen molar-refractivity contribution in [3.63, 3.8) is 0 Å². The van der Waals surface area contributed by atoms with Gasteiger partial charge in [-0.1, -0.05) is 17.7 Å². The number of carbonyl (C=O) groups is 2. The number of nitrogens with one attached hydrogen (secondary N) is 1. The minimum absolute atomic E-state index is 0.0801. The molecule has 2 heterocycles. The van der Waals surface area contributed by atoms with Crippen molar-refractivity contribution >= 4 is 52.5 Å². The highest BCUT2D eigenvalue weighted by Crippen LogP contribution is 2.29. The highest BCUT2D eigenvalue weighted by Gasteiger charge is 2.34. The Hall–Kier alpha value is -3.29. The van der Waals surface area contributed by atoms with Crippen LogP contribution in [0.15, 0.2) is 64.6 Å². The maximum absolute atomic E-state index is 13.2. The lowest BCUT2D eigenvalue weighted by Gasteiger charge is -2.28. The monoisotopic (exact) mass is 440 g/mol. The number of halogens is 2. The Morgan fingerprint density at radius 2 is 1.83 bits per heavy atom. The van der Waals surface area contributed by atoms with E-state index in [-0.39, 0.29) is 10.7 Å². The van der Waals surface area contributed by atoms with Crippen molar-refractivity contribution < 1.29 is 18.4 Å². The zero-order valence-corrected chi connectivity index (χ0v) is 17.2. The maximum Gasteiger partial charge on any atom is 0.270 e. The van der Waals surface area contributed by atoms with Gasteiger partial charge in [-0.2, -0.15) is 0 Å². The van der Waals surface area contributed by atoms with Crippen molar-refractivity contribution in [3.8, 4) is 11.3 Å². The van der Waals surface area contributed by atoms with E-state index < -0.39 is 17.6 Å². The molecule has 0 atom stereocenters. The van der Waals surface area contributed by atoms with Crippen molar-refractivity contribution in [1.29, 1.82) is 0 Å². The molecule has 2 amide bonds. The molecule has 0 spiro atoms. The number of carbonyl (C=O) groups excluding carboxylic acids is 2. The predicted octanol–water partition coefficient (Wildman–Crippen LogP) is 4.88. The number of hydrogen-bond donors (Lipinski definition) is 1. The smallest absolute Gasteiger partial charge is 0.270 e. The summed E-state index contributed by atoms with van der Waals surface area (Å²) in [5, 5.41) is 2.96. The summed E-state index contributed by atoms with van der Waals surface area (Å²) in [4.78, 5) is 26.5. The van der Waals surface area contributed by atoms with E-state index in [1.165, 1.54) is 30.3 Å². The van der Waals surface area contributed by atoms with Gasteiger partial charge in [-0.15, -0.1) is 0 Å². The summed E-state index contributed by atoms with van der Waals surface area (Å²) in [6.07, 6.45) is 1.35. The lowest BCUT2D eigenvalue weighted by molar-refractivity contribution is -0.122. The summed E-state index contributed by atoms with van der Waals surface area (Å²) in [5.41, 5.74) is 1.96. The van der Waals surface area contributed by atoms with Gasteiger partial charge in [0.15, 0.2) is 5.11 Å². The first-order chi connectivity index (χ1) is 14.3. The summed E-state index contributed by atoms with van der Waals surface area (Å²) in [6.45, 7) is 1.92. The van der Waals surface area contributed by atoms with Gasteiger partial charge in [0, 0.05) is 10.6 Å². The molecule has 3 aromatic rings. The van der Waals surface area contributed by atoms with Gasteiger partial charge in [-0.3, -0.25) is 19.8 Å². The lowest BCUT2D eigenvalue weighted by atomic mass is 10.1. The van der Waals surface area contributed by atoms with Crippen LogP contribution in [0.4, 0.5) is 10.1 Å². The van der Waals surface area contributed by atoms with Crippen LogP contribution in [0.3, 0.4) is 0 Å². The number of aryl methyl sites for hydroxylation is 1. The third kappa shape index (κ3) is 3.77. The molecule has 0 saturated carbocycles. The average Bonchev–Trinajstić information content (AvgIpc) is 3.17. The normalized spacial score (nSPS) is 15.6. The van der Waals surface area contributed by atoms with E-state index in [1.54, 1.807) is 24.3 Å². The van der Waals surface area contributed by atoms with Crippen molar-refractivity contribution in [1.82, 2.24) is 5.32 Å². The largest absolute Gasteiger partial charge is 0.457 e. The summed E-state index contributed by atoms with van der Waals surface area (Å²) in [7, 11) is 0. The van der Waals surface area contributed by atoms with Crippen LogP contribution in [0.25, 0.3) is 17.4 Å². The Balaban J connectivity index is 1.69. The van der Waals surface area contributed by atoms with Crippen molar-refractivity contribution in [2.75, 3.05) is 4.90 Å². The second-order valence-electron chi connectivity index (χ2n) is 6.60. The molecule has 5 nitrogen and oxygen atoms in total. The quantitative estimate of drug-likeness (QED) is 0.358. The number of anilines is 1. The first kappa shape index (κ1) is 20.0. The Morgan fingerprint density at radius 3 is 2.57 bits per heavy atom. The van der Waals surface area contributed by atoms with E-state index in [2.05, 4.69) is 5.32 Å². The van der Waals surface area contributed by atoms with E-state index >= 15 is 0 Å². The Labute approximate surface area is 181 Å². The van der Waals surface area contributed by atoms with Crippen LogP contribution in [-0.4, -0.2) is 16.9 Å². The van der Waals surface area contributed by atoms with E-state index in [0.29, 0.717) is 22.2 Å². The minimum Gasteiger partial charge on any atom is -0.457 e. The summed E-state index contributed by atoms with van der Waals surface area (Å²) < 4.78 is 19.1. The number of benzene rings is 2. The fraction of sp³-hybridized carbons (Fsp3) is 0.0455. The Morgan fingerprint density at radius 1 is 1.10 bits per heavy atom. The van der Waals surface area contributed by atoms with Gasteiger partial charge in [0.2, 0.25) is 0 Å². The number of hydrogen-bond acceptors (Lipinski definition) is 4. The average molecular weight is 441 g/mol. The van der Waals surface area contributed by atoms with Crippen LogP contribution in [0, 0.1) is 12.7 Å². The van der Waals surface area contributed by atoms with Crippen LogP contribution in [0.2, 0.25) is 5.02 Å². The zero-order chi connectivity index (χ0) is 21.4. The van der Waals surface area contributed by atoms with Crippen LogP contribution >= 0.6 is 23.8 Å². The van der Waals surface area contributed by atoms with Crippen LogP contribution in [0.1, 0.15) is 11.3 Å². The molecule has 0 aliphatic carbocycles. The topological polar surface area (TPSA) is 62.6 Å². The second-order valence-corrected chi connectivity index (χ2v) is 7.42. The third-order valence-electron chi connectivity index (χ3n) is 4.56. The fourth-order valence-corrected chi connectivity index (χ4v) is 3.51. The fourth-order valence-electron chi connectivity index (χ4n) is 3.06. The van der Waals surface area contributed by atoms with Gasteiger partial charge < -0.3 is 4.42 Å². The molecule has 30 heavy (non-hydrogen) atoms. The standard InChI is InChI=1S/C22H14ClFN2O3S/c1-12-2-3-13(23)10-17(12)19-9-8-16(29-19)11-18-20(27)25-22(30)26(21(18)28)15-6-4-14(24)5-7-15/h2-11H,1H3,(H,25,27,30)/b18-11-. The van der Waals surface area contributed by atoms with E-state index in [9.17, 15) is 14.0 Å². The number of amides is 2. The molecule has 150 valence electrons. The number of rotatable bonds is 3. The molecule has 1 N–H and O–H groups in total. The van der Waals surface area contributed by atoms with Crippen molar-refractivity contribution in [2.45, 2.75) is 6.92 Å². The van der Waals surface area contributed by atoms with Crippen molar-refractivity contribution in [2.24, 2.45) is 0 Å². The van der Waals surface area contributed by atoms with Gasteiger partial charge in [0.1, 0.15) is 22.9 Å². The van der Waals surface area contributed by atoms with Gasteiger partial charge in [0.25, 0.3) is 11.8 Å². The summed E-state index contributed by atoms with van der Waals surface area (Å²) in [6, 6.07) is 14.0. The first-order valence-corrected chi connectivity index (χ1v) is 9.65. The molecule has 1 fully saturated rings. The highest BCUT2D eigenvalue weighted by atomic mass is 35.5.